The molecule has 0 atom stereocenters. The van der Waals surface area contributed by atoms with E-state index in [1.807, 2.05) is 0 Å². The minimum Gasteiger partial charge on any atom is -0.355 e. The van der Waals surface area contributed by atoms with Crippen LogP contribution in [0.1, 0.15) is 27.8 Å². The SMILES string of the molecule is CC(=O)c1ccc(NC(=O)c2cc(-c3ccc(F)cc3)on2)cc1. The minimum atomic E-state index is -0.442. The number of carbonyl (C=O) groups is 2. The average Bonchev–Trinajstić information content (AvgIpc) is 3.06. The van der Waals surface area contributed by atoms with Crippen LogP contribution in [0.4, 0.5) is 10.1 Å². The van der Waals surface area contributed by atoms with E-state index in [4.69, 9.17) is 4.52 Å². The molecule has 0 radical (unpaired) electrons. The van der Waals surface area contributed by atoms with E-state index >= 15 is 0 Å². The van der Waals surface area contributed by atoms with Crippen LogP contribution in [0.3, 0.4) is 0 Å². The van der Waals surface area contributed by atoms with Crippen molar-refractivity contribution in [3.8, 4) is 11.3 Å². The number of anilines is 1. The quantitative estimate of drug-likeness (QED) is 0.738. The summed E-state index contributed by atoms with van der Waals surface area (Å²) in [5.41, 5.74) is 1.82. The monoisotopic (exact) mass is 324 g/mol. The third-order valence-corrected chi connectivity index (χ3v) is 3.42. The van der Waals surface area contributed by atoms with E-state index in [-0.39, 0.29) is 17.3 Å². The van der Waals surface area contributed by atoms with E-state index in [9.17, 15) is 14.0 Å². The van der Waals surface area contributed by atoms with Crippen LogP contribution in [0, 0.1) is 5.82 Å². The molecule has 0 bridgehead atoms. The molecule has 0 spiro atoms. The van der Waals surface area contributed by atoms with E-state index in [1.54, 1.807) is 24.3 Å². The second-order valence-electron chi connectivity index (χ2n) is 5.17. The Kier molecular flexibility index (Phi) is 4.20. The molecule has 0 aliphatic rings. The number of benzene rings is 2. The van der Waals surface area contributed by atoms with Crippen molar-refractivity contribution < 1.29 is 18.5 Å². The molecule has 0 aliphatic carbocycles. The third-order valence-electron chi connectivity index (χ3n) is 3.42. The first-order chi connectivity index (χ1) is 11.5. The van der Waals surface area contributed by atoms with Crippen molar-refractivity contribution in [2.24, 2.45) is 0 Å². The second-order valence-corrected chi connectivity index (χ2v) is 5.17. The van der Waals surface area contributed by atoms with Gasteiger partial charge in [0.25, 0.3) is 5.91 Å². The number of hydrogen-bond acceptors (Lipinski definition) is 4. The highest BCUT2D eigenvalue weighted by atomic mass is 19.1. The molecule has 2 aromatic carbocycles. The zero-order chi connectivity index (χ0) is 17.1. The van der Waals surface area contributed by atoms with E-state index in [2.05, 4.69) is 10.5 Å². The highest BCUT2D eigenvalue weighted by Crippen LogP contribution is 2.21. The predicted octanol–water partition coefficient (Wildman–Crippen LogP) is 3.94. The third kappa shape index (κ3) is 3.38. The first kappa shape index (κ1) is 15.6. The van der Waals surface area contributed by atoms with Crippen LogP contribution in [0.2, 0.25) is 0 Å². The number of nitrogens with one attached hydrogen (secondary N) is 1. The molecule has 1 N–H and O–H groups in total. The van der Waals surface area contributed by atoms with Gasteiger partial charge in [0.15, 0.2) is 17.2 Å². The van der Waals surface area contributed by atoms with Crippen LogP contribution in [0.15, 0.2) is 59.1 Å². The number of amides is 1. The van der Waals surface area contributed by atoms with Gasteiger partial charge in [0.05, 0.1) is 0 Å². The van der Waals surface area contributed by atoms with Crippen molar-refractivity contribution in [2.45, 2.75) is 6.92 Å². The lowest BCUT2D eigenvalue weighted by Gasteiger charge is -2.03. The molecule has 1 aromatic heterocycles. The maximum atomic E-state index is 12.9. The molecule has 5 nitrogen and oxygen atoms in total. The molecule has 3 rings (SSSR count). The van der Waals surface area contributed by atoms with Gasteiger partial charge in [-0.25, -0.2) is 4.39 Å². The van der Waals surface area contributed by atoms with Gasteiger partial charge in [-0.1, -0.05) is 5.16 Å². The zero-order valence-electron chi connectivity index (χ0n) is 12.7. The molecule has 0 unspecified atom stereocenters. The van der Waals surface area contributed by atoms with Crippen molar-refractivity contribution in [3.05, 3.63) is 71.7 Å². The van der Waals surface area contributed by atoms with Crippen LogP contribution in [-0.2, 0) is 0 Å². The molecular formula is C18H13FN2O3. The Morgan fingerprint density at radius 1 is 1.04 bits per heavy atom. The summed E-state index contributed by atoms with van der Waals surface area (Å²) in [6, 6.07) is 13.7. The fourth-order valence-electron chi connectivity index (χ4n) is 2.12. The molecule has 0 fully saturated rings. The molecular weight excluding hydrogens is 311 g/mol. The largest absolute Gasteiger partial charge is 0.355 e. The Hall–Kier alpha value is -3.28. The lowest BCUT2D eigenvalue weighted by molar-refractivity contribution is 0.101. The standard InChI is InChI=1S/C18H13FN2O3/c1-11(22)12-4-8-15(9-5-12)20-18(23)16-10-17(24-21-16)13-2-6-14(19)7-3-13/h2-10H,1H3,(H,20,23). The summed E-state index contributed by atoms with van der Waals surface area (Å²) in [5.74, 6) is -0.478. The van der Waals surface area contributed by atoms with Gasteiger partial charge in [0.1, 0.15) is 5.82 Å². The van der Waals surface area contributed by atoms with Crippen LogP contribution < -0.4 is 5.32 Å². The summed E-state index contributed by atoms with van der Waals surface area (Å²) in [5, 5.41) is 6.39. The Bertz CT molecular complexity index is 883. The van der Waals surface area contributed by atoms with Gasteiger partial charge in [0.2, 0.25) is 0 Å². The summed E-state index contributed by atoms with van der Waals surface area (Å²) < 4.78 is 18.0. The number of Topliss-reactive ketones (excluding diaryl/α,β-unsaturated/α-hetero) is 1. The van der Waals surface area contributed by atoms with E-state index in [0.717, 1.165) is 0 Å². The Morgan fingerprint density at radius 3 is 2.33 bits per heavy atom. The summed E-state index contributed by atoms with van der Waals surface area (Å²) in [4.78, 5) is 23.4. The number of hydrogen-bond donors (Lipinski definition) is 1. The predicted molar refractivity (Wildman–Crippen MR) is 86.3 cm³/mol. The fourth-order valence-corrected chi connectivity index (χ4v) is 2.12. The maximum absolute atomic E-state index is 12.9. The fraction of sp³-hybridized carbons (Fsp3) is 0.0556. The molecule has 3 aromatic rings. The highest BCUT2D eigenvalue weighted by molar-refractivity contribution is 6.03. The van der Waals surface area contributed by atoms with Crippen molar-refractivity contribution in [2.75, 3.05) is 5.32 Å². The summed E-state index contributed by atoms with van der Waals surface area (Å²) in [6.45, 7) is 1.47. The Balaban J connectivity index is 1.73. The normalized spacial score (nSPS) is 10.4. The topological polar surface area (TPSA) is 72.2 Å². The number of rotatable bonds is 4. The second kappa shape index (κ2) is 6.45. The van der Waals surface area contributed by atoms with Gasteiger partial charge < -0.3 is 9.84 Å². The van der Waals surface area contributed by atoms with Gasteiger partial charge in [0, 0.05) is 22.9 Å². The molecule has 1 heterocycles. The van der Waals surface area contributed by atoms with Gasteiger partial charge in [-0.2, -0.15) is 0 Å². The first-order valence-electron chi connectivity index (χ1n) is 7.18. The van der Waals surface area contributed by atoms with Gasteiger partial charge in [-0.3, -0.25) is 9.59 Å². The average molecular weight is 324 g/mol. The number of halogens is 1. The van der Waals surface area contributed by atoms with Crippen LogP contribution in [-0.4, -0.2) is 16.8 Å². The smallest absolute Gasteiger partial charge is 0.277 e. The molecule has 24 heavy (non-hydrogen) atoms. The number of carbonyl (C=O) groups excluding carboxylic acids is 2. The summed E-state index contributed by atoms with van der Waals surface area (Å²) in [7, 11) is 0. The van der Waals surface area contributed by atoms with Gasteiger partial charge >= 0.3 is 0 Å². The summed E-state index contributed by atoms with van der Waals surface area (Å²) in [6.07, 6.45) is 0. The minimum absolute atomic E-state index is 0.0479. The lowest BCUT2D eigenvalue weighted by atomic mass is 10.1. The van der Waals surface area contributed by atoms with E-state index < -0.39 is 5.91 Å². The van der Waals surface area contributed by atoms with Crippen LogP contribution in [0.25, 0.3) is 11.3 Å². The van der Waals surface area contributed by atoms with Crippen molar-refractivity contribution >= 4 is 17.4 Å². The van der Waals surface area contributed by atoms with E-state index in [1.165, 1.54) is 37.3 Å². The Labute approximate surface area is 137 Å². The van der Waals surface area contributed by atoms with Gasteiger partial charge in [-0.15, -0.1) is 0 Å². The molecule has 6 heteroatoms. The van der Waals surface area contributed by atoms with Crippen LogP contribution in [0.5, 0.6) is 0 Å². The zero-order valence-corrected chi connectivity index (χ0v) is 12.7. The molecule has 1 amide bonds. The van der Waals surface area contributed by atoms with Crippen molar-refractivity contribution in [3.63, 3.8) is 0 Å². The number of nitrogens with zero attached hydrogens (tertiary/aromatic N) is 1. The lowest BCUT2D eigenvalue weighted by Crippen LogP contribution is -2.12. The van der Waals surface area contributed by atoms with Crippen molar-refractivity contribution in [1.82, 2.24) is 5.16 Å². The maximum Gasteiger partial charge on any atom is 0.277 e. The van der Waals surface area contributed by atoms with Gasteiger partial charge in [-0.05, 0) is 55.5 Å². The Morgan fingerprint density at radius 2 is 1.71 bits per heavy atom. The van der Waals surface area contributed by atoms with E-state index in [0.29, 0.717) is 22.6 Å². The first-order valence-corrected chi connectivity index (χ1v) is 7.18. The molecule has 0 saturated carbocycles. The van der Waals surface area contributed by atoms with Crippen LogP contribution >= 0.6 is 0 Å². The summed E-state index contributed by atoms with van der Waals surface area (Å²) >= 11 is 0. The molecule has 0 saturated heterocycles. The van der Waals surface area contributed by atoms with Crippen molar-refractivity contribution in [1.29, 1.82) is 0 Å². The molecule has 0 aliphatic heterocycles. The number of ketones is 1. The number of aromatic nitrogens is 1. The molecule has 120 valence electrons. The highest BCUT2D eigenvalue weighted by Gasteiger charge is 2.14.